The van der Waals surface area contributed by atoms with Gasteiger partial charge >= 0.3 is 0 Å². The van der Waals surface area contributed by atoms with Crippen molar-refractivity contribution < 1.29 is 23.6 Å². The lowest BCUT2D eigenvalue weighted by molar-refractivity contribution is -0.142. The van der Waals surface area contributed by atoms with Crippen molar-refractivity contribution in [2.24, 2.45) is 5.92 Å². The molecule has 3 rings (SSSR count). The normalized spacial score (nSPS) is 19.9. The van der Waals surface area contributed by atoms with Gasteiger partial charge < -0.3 is 25.4 Å². The molecule has 0 bridgehead atoms. The first kappa shape index (κ1) is 32.7. The number of likely N-dealkylation sites (tertiary alicyclic amines) is 1. The Morgan fingerprint density at radius 2 is 1.85 bits per heavy atom. The number of aryl methyl sites for hydroxylation is 1. The van der Waals surface area contributed by atoms with Gasteiger partial charge in [0, 0.05) is 31.9 Å². The Morgan fingerprint density at radius 1 is 1.12 bits per heavy atom. The molecule has 4 unspecified atom stereocenters. The van der Waals surface area contributed by atoms with E-state index in [9.17, 15) is 18.9 Å². The minimum Gasteiger partial charge on any atom is -0.497 e. The fourth-order valence-corrected chi connectivity index (χ4v) is 6.23. The summed E-state index contributed by atoms with van der Waals surface area (Å²) in [5.74, 6) is 0.641. The molecule has 1 aliphatic rings. The van der Waals surface area contributed by atoms with Gasteiger partial charge in [0.2, 0.25) is 11.8 Å². The highest BCUT2D eigenvalue weighted by Gasteiger charge is 2.53. The van der Waals surface area contributed by atoms with E-state index in [0.717, 1.165) is 23.3 Å². The van der Waals surface area contributed by atoms with E-state index in [4.69, 9.17) is 4.74 Å². The highest BCUT2D eigenvalue weighted by molar-refractivity contribution is 7.83. The Balaban J connectivity index is 1.67. The number of benzene rings is 2. The summed E-state index contributed by atoms with van der Waals surface area (Å²) in [4.78, 5) is 29.2. The van der Waals surface area contributed by atoms with Crippen molar-refractivity contribution in [2.75, 3.05) is 32.5 Å². The Morgan fingerprint density at radius 3 is 2.54 bits per heavy atom. The molecule has 0 saturated carbocycles. The summed E-state index contributed by atoms with van der Waals surface area (Å²) in [5, 5.41) is 16.7. The smallest absolute Gasteiger partial charge is 0.244 e. The second-order valence-corrected chi connectivity index (χ2v) is 12.2. The molecule has 5 atom stereocenters. The molecule has 0 aromatic heterocycles. The molecule has 4 N–H and O–H groups in total. The van der Waals surface area contributed by atoms with Gasteiger partial charge in [0.25, 0.3) is 0 Å². The van der Waals surface area contributed by atoms with Gasteiger partial charge in [0.1, 0.15) is 17.3 Å². The summed E-state index contributed by atoms with van der Waals surface area (Å²) >= 11 is 0. The lowest BCUT2D eigenvalue weighted by atomic mass is 9.83. The first-order chi connectivity index (χ1) is 19.7. The molecule has 226 valence electrons. The third kappa shape index (κ3) is 8.85. The van der Waals surface area contributed by atoms with Gasteiger partial charge in [-0.05, 0) is 48.4 Å². The fraction of sp³-hybridized carbons (Fsp3) is 0.548. The Kier molecular flexibility index (Phi) is 12.8. The lowest BCUT2D eigenvalue weighted by Gasteiger charge is -2.35. The van der Waals surface area contributed by atoms with Gasteiger partial charge in [0.05, 0.1) is 24.2 Å². The molecule has 1 fully saturated rings. The van der Waals surface area contributed by atoms with Crippen molar-refractivity contribution >= 4 is 22.8 Å². The Hall–Kier alpha value is -2.79. The molecule has 10 heteroatoms. The highest BCUT2D eigenvalue weighted by Crippen LogP contribution is 2.35. The van der Waals surface area contributed by atoms with E-state index in [1.54, 1.807) is 12.0 Å². The van der Waals surface area contributed by atoms with Crippen LogP contribution in [0.25, 0.3) is 0 Å². The van der Waals surface area contributed by atoms with Gasteiger partial charge in [-0.1, -0.05) is 69.7 Å². The van der Waals surface area contributed by atoms with E-state index in [-0.39, 0.29) is 24.3 Å². The van der Waals surface area contributed by atoms with Crippen molar-refractivity contribution in [1.29, 1.82) is 0 Å². The first-order valence-electron chi connectivity index (χ1n) is 14.5. The molecular weight excluding hydrogens is 540 g/mol. The van der Waals surface area contributed by atoms with Crippen LogP contribution in [0.2, 0.25) is 0 Å². The summed E-state index contributed by atoms with van der Waals surface area (Å²) in [6, 6.07) is 16.9. The number of aliphatic hydroxyl groups excluding tert-OH is 1. The number of rotatable bonds is 17. The maximum absolute atomic E-state index is 14.0. The molecular formula is C31H46N4O5S. The lowest BCUT2D eigenvalue weighted by Crippen LogP contribution is -2.59. The van der Waals surface area contributed by atoms with Crippen molar-refractivity contribution in [3.63, 3.8) is 0 Å². The molecule has 9 nitrogen and oxygen atoms in total. The third-order valence-corrected chi connectivity index (χ3v) is 9.10. The standard InChI is InChI=1S/C31H46N4O5S/c1-5-23(3)31(34-41(39)6-2)17-18-35(30(31)38)28(16-15-24-11-8-7-9-12-24)29(37)33-22-26(36)21-32-20-25-13-10-14-27(19-25)40-4/h7-14,19,23,26,28,32,34,36H,5-6,15-18,20-22H2,1-4H3,(H,33,37)/t23?,26?,28-,31?,41?/m0/s1. The SMILES string of the molecule is CCC(C)C1(NS(=O)CC)CCN([C@@H](CCc2ccccc2)C(=O)NCC(O)CNCc2cccc(OC)c2)C1=O. The zero-order chi connectivity index (χ0) is 29.8. The fourth-order valence-electron chi connectivity index (χ4n) is 5.29. The van der Waals surface area contributed by atoms with Gasteiger partial charge in [0.15, 0.2) is 0 Å². The quantitative estimate of drug-likeness (QED) is 0.226. The van der Waals surface area contributed by atoms with Crippen molar-refractivity contribution in [3.8, 4) is 5.75 Å². The summed E-state index contributed by atoms with van der Waals surface area (Å²) in [6.45, 7) is 7.12. The Bertz CT molecular complexity index is 1150. The molecule has 41 heavy (non-hydrogen) atoms. The number of hydrogen-bond acceptors (Lipinski definition) is 6. The van der Waals surface area contributed by atoms with E-state index in [2.05, 4.69) is 15.4 Å². The number of nitrogens with one attached hydrogen (secondary N) is 3. The number of ether oxygens (including phenoxy) is 1. The second-order valence-electron chi connectivity index (χ2n) is 10.7. The van der Waals surface area contributed by atoms with E-state index < -0.39 is 28.7 Å². The van der Waals surface area contributed by atoms with Crippen LogP contribution in [0.1, 0.15) is 51.2 Å². The third-order valence-electron chi connectivity index (χ3n) is 7.98. The zero-order valence-corrected chi connectivity index (χ0v) is 25.5. The number of methoxy groups -OCH3 is 1. The summed E-state index contributed by atoms with van der Waals surface area (Å²) in [7, 11) is 0.274. The van der Waals surface area contributed by atoms with Crippen molar-refractivity contribution in [3.05, 3.63) is 65.7 Å². The Labute approximate surface area is 247 Å². The van der Waals surface area contributed by atoms with Crippen molar-refractivity contribution in [1.82, 2.24) is 20.3 Å². The average molecular weight is 587 g/mol. The molecule has 2 aromatic rings. The molecule has 0 radical (unpaired) electrons. The summed E-state index contributed by atoms with van der Waals surface area (Å²) in [6.07, 6.45) is 1.49. The topological polar surface area (TPSA) is 120 Å². The van der Waals surface area contributed by atoms with Gasteiger partial charge in [-0.3, -0.25) is 9.59 Å². The molecule has 0 aliphatic carbocycles. The first-order valence-corrected chi connectivity index (χ1v) is 15.9. The maximum Gasteiger partial charge on any atom is 0.244 e. The minimum absolute atomic E-state index is 0.0502. The van der Waals surface area contributed by atoms with Crippen molar-refractivity contribution in [2.45, 2.75) is 70.7 Å². The molecule has 1 aliphatic heterocycles. The van der Waals surface area contributed by atoms with Crippen LogP contribution in [-0.2, 0) is 33.5 Å². The highest BCUT2D eigenvalue weighted by atomic mass is 32.2. The zero-order valence-electron chi connectivity index (χ0n) is 24.7. The largest absolute Gasteiger partial charge is 0.497 e. The monoisotopic (exact) mass is 586 g/mol. The number of nitrogens with zero attached hydrogens (tertiary/aromatic N) is 1. The van der Waals surface area contributed by atoms with Gasteiger partial charge in [-0.25, -0.2) is 8.93 Å². The average Bonchev–Trinajstić information content (AvgIpc) is 3.32. The number of carbonyl (C=O) groups is 2. The van der Waals surface area contributed by atoms with Crippen LogP contribution in [0.5, 0.6) is 5.75 Å². The minimum atomic E-state index is -1.35. The molecule has 0 spiro atoms. The number of aliphatic hydroxyl groups is 1. The van der Waals surface area contributed by atoms with Crippen LogP contribution in [0, 0.1) is 5.92 Å². The summed E-state index contributed by atoms with van der Waals surface area (Å²) in [5.41, 5.74) is 1.14. The van der Waals surface area contributed by atoms with Crippen LogP contribution in [-0.4, -0.2) is 76.2 Å². The van der Waals surface area contributed by atoms with Crippen LogP contribution < -0.4 is 20.1 Å². The molecule has 1 saturated heterocycles. The number of amides is 2. The van der Waals surface area contributed by atoms with E-state index >= 15 is 0 Å². The number of carbonyl (C=O) groups excluding carboxylic acids is 2. The number of hydrogen-bond donors (Lipinski definition) is 4. The second kappa shape index (κ2) is 16.0. The van der Waals surface area contributed by atoms with Crippen LogP contribution in [0.15, 0.2) is 54.6 Å². The molecule has 2 aromatic carbocycles. The maximum atomic E-state index is 14.0. The summed E-state index contributed by atoms with van der Waals surface area (Å²) < 4.78 is 20.9. The van der Waals surface area contributed by atoms with E-state index in [1.165, 1.54) is 0 Å². The van der Waals surface area contributed by atoms with Crippen LogP contribution in [0.4, 0.5) is 0 Å². The van der Waals surface area contributed by atoms with Gasteiger partial charge in [-0.15, -0.1) is 0 Å². The van der Waals surface area contributed by atoms with E-state index in [0.29, 0.717) is 44.6 Å². The predicted octanol–water partition coefficient (Wildman–Crippen LogP) is 2.55. The molecule has 1 heterocycles. The predicted molar refractivity (Wildman–Crippen MR) is 163 cm³/mol. The van der Waals surface area contributed by atoms with Crippen LogP contribution >= 0.6 is 0 Å². The van der Waals surface area contributed by atoms with Crippen LogP contribution in [0.3, 0.4) is 0 Å². The van der Waals surface area contributed by atoms with Gasteiger partial charge in [-0.2, -0.15) is 0 Å². The molecule has 2 amide bonds. The van der Waals surface area contributed by atoms with E-state index in [1.807, 2.05) is 75.4 Å².